The van der Waals surface area contributed by atoms with Gasteiger partial charge in [0.25, 0.3) is 0 Å². The van der Waals surface area contributed by atoms with Crippen LogP contribution in [0.25, 0.3) is 0 Å². The fraction of sp³-hybridized carbons (Fsp3) is 1.00. The molecule has 1 unspecified atom stereocenters. The van der Waals surface area contributed by atoms with Crippen LogP contribution in [-0.4, -0.2) is 61.4 Å². The van der Waals surface area contributed by atoms with Crippen molar-refractivity contribution in [2.45, 2.75) is 90.5 Å². The number of hydrogen-bond acceptors (Lipinski definition) is 5. The van der Waals surface area contributed by atoms with Crippen LogP contribution in [0, 0.1) is 0 Å². The second-order valence-corrected chi connectivity index (χ2v) is 12.0. The molecule has 164 valence electrons. The molecule has 0 aliphatic heterocycles. The number of hydrogen-bond donors (Lipinski definition) is 0. The predicted molar refractivity (Wildman–Crippen MR) is 115 cm³/mol. The van der Waals surface area contributed by atoms with Gasteiger partial charge >= 0.3 is 0 Å². The third kappa shape index (κ3) is 19.1. The molecule has 0 aromatic heterocycles. The van der Waals surface area contributed by atoms with Gasteiger partial charge in [-0.25, -0.2) is 0 Å². The van der Waals surface area contributed by atoms with Gasteiger partial charge in [0.15, 0.2) is 8.32 Å². The molecule has 0 aromatic carbocycles. The van der Waals surface area contributed by atoms with Crippen LogP contribution in [0.1, 0.15) is 65.2 Å². The van der Waals surface area contributed by atoms with E-state index in [0.717, 1.165) is 26.1 Å². The van der Waals surface area contributed by atoms with Crippen LogP contribution in [0.4, 0.5) is 0 Å². The Morgan fingerprint density at radius 1 is 0.815 bits per heavy atom. The van der Waals surface area contributed by atoms with Crippen LogP contribution in [0.2, 0.25) is 19.1 Å². The number of methoxy groups -OCH3 is 1. The summed E-state index contributed by atoms with van der Waals surface area (Å²) in [5.74, 6) is 0. The summed E-state index contributed by atoms with van der Waals surface area (Å²) in [6.07, 6.45) is 9.91. The maximum absolute atomic E-state index is 5.89. The van der Waals surface area contributed by atoms with E-state index in [4.69, 9.17) is 23.4 Å². The fourth-order valence-corrected chi connectivity index (χ4v) is 5.08. The molecule has 0 radical (unpaired) electrons. The van der Waals surface area contributed by atoms with Crippen molar-refractivity contribution >= 4 is 8.32 Å². The van der Waals surface area contributed by atoms with Crippen LogP contribution >= 0.6 is 0 Å². The van der Waals surface area contributed by atoms with Gasteiger partial charge in [-0.3, -0.25) is 0 Å². The SMILES string of the molecule is CCCOCCOCC(CCCCCCCC[Si](C)(C)OCC)OCOC. The largest absolute Gasteiger partial charge is 0.418 e. The Balaban J connectivity index is 3.65. The van der Waals surface area contributed by atoms with Gasteiger partial charge in [0.2, 0.25) is 0 Å². The molecular weight excluding hydrogens is 360 g/mol. The monoisotopic (exact) mass is 406 g/mol. The molecule has 0 saturated carbocycles. The molecule has 0 bridgehead atoms. The molecule has 0 rings (SSSR count). The van der Waals surface area contributed by atoms with Crippen molar-refractivity contribution in [1.82, 2.24) is 0 Å². The summed E-state index contributed by atoms with van der Waals surface area (Å²) in [6, 6.07) is 1.28. The lowest BCUT2D eigenvalue weighted by molar-refractivity contribution is -0.103. The fourth-order valence-electron chi connectivity index (χ4n) is 3.05. The van der Waals surface area contributed by atoms with Gasteiger partial charge < -0.3 is 23.4 Å². The standard InChI is InChI=1S/C21H46O5Si/c1-6-15-23-16-17-24-19-21(25-20-22-3)14-12-10-8-9-11-13-18-27(4,5)26-7-2/h21H,6-20H2,1-5H3. The van der Waals surface area contributed by atoms with E-state index < -0.39 is 8.32 Å². The molecule has 0 N–H and O–H groups in total. The highest BCUT2D eigenvalue weighted by molar-refractivity contribution is 6.71. The predicted octanol–water partition coefficient (Wildman–Crippen LogP) is 5.39. The summed E-state index contributed by atoms with van der Waals surface area (Å²) in [5, 5.41) is 0. The molecular formula is C21H46O5Si. The average Bonchev–Trinajstić information content (AvgIpc) is 2.63. The van der Waals surface area contributed by atoms with Gasteiger partial charge in [-0.05, 0) is 38.9 Å². The quantitative estimate of drug-likeness (QED) is 0.145. The summed E-state index contributed by atoms with van der Waals surface area (Å²) in [4.78, 5) is 0. The Kier molecular flexibility index (Phi) is 19.4. The Morgan fingerprint density at radius 3 is 2.15 bits per heavy atom. The van der Waals surface area contributed by atoms with E-state index in [9.17, 15) is 0 Å². The highest BCUT2D eigenvalue weighted by Crippen LogP contribution is 2.17. The molecule has 1 atom stereocenters. The lowest BCUT2D eigenvalue weighted by Gasteiger charge is -2.21. The normalized spacial score (nSPS) is 13.2. The van der Waals surface area contributed by atoms with Crippen molar-refractivity contribution in [2.24, 2.45) is 0 Å². The molecule has 6 heteroatoms. The maximum atomic E-state index is 5.89. The Morgan fingerprint density at radius 2 is 1.48 bits per heavy atom. The summed E-state index contributed by atoms with van der Waals surface area (Å²) in [7, 11) is 0.277. The Hall–Kier alpha value is 0.0169. The lowest BCUT2D eigenvalue weighted by Crippen LogP contribution is -2.29. The first-order valence-electron chi connectivity index (χ1n) is 11.0. The minimum Gasteiger partial charge on any atom is -0.418 e. The van der Waals surface area contributed by atoms with E-state index in [1.807, 2.05) is 0 Å². The third-order valence-electron chi connectivity index (χ3n) is 4.54. The highest BCUT2D eigenvalue weighted by atomic mass is 28.4. The zero-order chi connectivity index (χ0) is 20.2. The minimum absolute atomic E-state index is 0.120. The lowest BCUT2D eigenvalue weighted by atomic mass is 10.1. The molecule has 5 nitrogen and oxygen atoms in total. The zero-order valence-electron chi connectivity index (χ0n) is 18.7. The molecule has 0 amide bonds. The van der Waals surface area contributed by atoms with Crippen molar-refractivity contribution in [2.75, 3.05) is 46.9 Å². The summed E-state index contributed by atoms with van der Waals surface area (Å²) in [5.41, 5.74) is 0. The zero-order valence-corrected chi connectivity index (χ0v) is 19.7. The highest BCUT2D eigenvalue weighted by Gasteiger charge is 2.20. The second kappa shape index (κ2) is 19.3. The molecule has 27 heavy (non-hydrogen) atoms. The van der Waals surface area contributed by atoms with E-state index in [0.29, 0.717) is 26.6 Å². The van der Waals surface area contributed by atoms with Gasteiger partial charge in [0.05, 0.1) is 25.9 Å². The first kappa shape index (κ1) is 27.0. The van der Waals surface area contributed by atoms with Gasteiger partial charge in [0.1, 0.15) is 6.79 Å². The van der Waals surface area contributed by atoms with Crippen LogP contribution < -0.4 is 0 Å². The van der Waals surface area contributed by atoms with Crippen LogP contribution in [0.15, 0.2) is 0 Å². The molecule has 0 aliphatic rings. The van der Waals surface area contributed by atoms with E-state index in [1.165, 1.54) is 44.6 Å². The summed E-state index contributed by atoms with van der Waals surface area (Å²) in [6.45, 7) is 12.8. The van der Waals surface area contributed by atoms with E-state index in [2.05, 4.69) is 26.9 Å². The van der Waals surface area contributed by atoms with Crippen LogP contribution in [0.5, 0.6) is 0 Å². The van der Waals surface area contributed by atoms with Crippen molar-refractivity contribution in [1.29, 1.82) is 0 Å². The van der Waals surface area contributed by atoms with Crippen molar-refractivity contribution in [3.63, 3.8) is 0 Å². The van der Waals surface area contributed by atoms with Crippen molar-refractivity contribution in [3.8, 4) is 0 Å². The van der Waals surface area contributed by atoms with Crippen molar-refractivity contribution < 1.29 is 23.4 Å². The first-order chi connectivity index (χ1) is 13.1. The molecule has 0 heterocycles. The minimum atomic E-state index is -1.38. The maximum Gasteiger partial charge on any atom is 0.186 e. The van der Waals surface area contributed by atoms with Gasteiger partial charge in [-0.1, -0.05) is 45.4 Å². The molecule has 0 spiro atoms. The van der Waals surface area contributed by atoms with Crippen molar-refractivity contribution in [3.05, 3.63) is 0 Å². The second-order valence-electron chi connectivity index (χ2n) is 7.74. The van der Waals surface area contributed by atoms with Gasteiger partial charge in [-0.2, -0.15) is 0 Å². The van der Waals surface area contributed by atoms with Crippen LogP contribution in [0.3, 0.4) is 0 Å². The number of unbranched alkanes of at least 4 members (excludes halogenated alkanes) is 5. The molecule has 0 aromatic rings. The molecule has 0 fully saturated rings. The van der Waals surface area contributed by atoms with E-state index >= 15 is 0 Å². The topological polar surface area (TPSA) is 46.2 Å². The molecule has 0 saturated heterocycles. The summed E-state index contributed by atoms with van der Waals surface area (Å²) >= 11 is 0. The molecule has 0 aliphatic carbocycles. The van der Waals surface area contributed by atoms with E-state index in [1.54, 1.807) is 7.11 Å². The van der Waals surface area contributed by atoms with E-state index in [-0.39, 0.29) is 6.10 Å². The van der Waals surface area contributed by atoms with Gasteiger partial charge in [0, 0.05) is 20.3 Å². The Labute approximate surface area is 169 Å². The average molecular weight is 407 g/mol. The third-order valence-corrected chi connectivity index (χ3v) is 7.16. The Bertz CT molecular complexity index is 302. The smallest absolute Gasteiger partial charge is 0.186 e. The first-order valence-corrected chi connectivity index (χ1v) is 14.1. The number of ether oxygens (including phenoxy) is 4. The van der Waals surface area contributed by atoms with Gasteiger partial charge in [-0.15, -0.1) is 0 Å². The van der Waals surface area contributed by atoms with Crippen LogP contribution in [-0.2, 0) is 23.4 Å². The number of rotatable bonds is 21. The summed E-state index contributed by atoms with van der Waals surface area (Å²) < 4.78 is 27.8.